The number of rotatable bonds is 13. The van der Waals surface area contributed by atoms with Gasteiger partial charge in [-0.25, -0.2) is 0 Å². The molecule has 1 heterocycles. The molecule has 6 heteroatoms. The van der Waals surface area contributed by atoms with Gasteiger partial charge in [0.2, 0.25) is 0 Å². The third-order valence-electron chi connectivity index (χ3n) is 2.53. The molecule has 0 amide bonds. The van der Waals surface area contributed by atoms with Crippen LogP contribution >= 0.6 is 0 Å². The molecule has 110 valence electrons. The van der Waals surface area contributed by atoms with Crippen molar-refractivity contribution in [3.05, 3.63) is 18.5 Å². The van der Waals surface area contributed by atoms with Crippen molar-refractivity contribution in [3.63, 3.8) is 0 Å². The van der Waals surface area contributed by atoms with Crippen LogP contribution in [0.4, 0.5) is 0 Å². The molecule has 0 aliphatic carbocycles. The zero-order chi connectivity index (χ0) is 13.6. The largest absolute Gasteiger partial charge is 0.382 e. The molecular weight excluding hydrogens is 246 g/mol. The van der Waals surface area contributed by atoms with Gasteiger partial charge < -0.3 is 19.5 Å². The van der Waals surface area contributed by atoms with E-state index in [9.17, 15) is 0 Å². The van der Waals surface area contributed by atoms with E-state index in [0.717, 1.165) is 32.7 Å². The molecule has 0 aromatic carbocycles. The molecule has 1 N–H and O–H groups in total. The summed E-state index contributed by atoms with van der Waals surface area (Å²) in [6, 6.07) is 1.94. The molecule has 0 unspecified atom stereocenters. The molecule has 0 spiro atoms. The Morgan fingerprint density at radius 1 is 1.05 bits per heavy atom. The van der Waals surface area contributed by atoms with Crippen molar-refractivity contribution in [1.82, 2.24) is 15.1 Å². The lowest BCUT2D eigenvalue weighted by molar-refractivity contribution is 0.0256. The molecule has 0 radical (unpaired) electrons. The predicted octanol–water partition coefficient (Wildman–Crippen LogP) is 0.542. The quantitative estimate of drug-likeness (QED) is 0.531. The van der Waals surface area contributed by atoms with Gasteiger partial charge in [0.05, 0.1) is 33.0 Å². The Balaban J connectivity index is 1.72. The Kier molecular flexibility index (Phi) is 10.3. The summed E-state index contributed by atoms with van der Waals surface area (Å²) in [5.41, 5.74) is 0. The highest BCUT2D eigenvalue weighted by molar-refractivity contribution is 4.77. The zero-order valence-electron chi connectivity index (χ0n) is 11.7. The van der Waals surface area contributed by atoms with Crippen LogP contribution in [0.3, 0.4) is 0 Å². The minimum absolute atomic E-state index is 0.628. The summed E-state index contributed by atoms with van der Waals surface area (Å²) >= 11 is 0. The van der Waals surface area contributed by atoms with Crippen LogP contribution < -0.4 is 5.32 Å². The molecule has 0 fully saturated rings. The molecule has 0 aliphatic rings. The first kappa shape index (κ1) is 16.1. The minimum atomic E-state index is 0.628. The highest BCUT2D eigenvalue weighted by Gasteiger charge is 1.92. The van der Waals surface area contributed by atoms with Gasteiger partial charge in [0.1, 0.15) is 0 Å². The lowest BCUT2D eigenvalue weighted by atomic mass is 10.4. The Hall–Kier alpha value is -0.950. The van der Waals surface area contributed by atoms with E-state index in [4.69, 9.17) is 14.2 Å². The second-order valence-corrected chi connectivity index (χ2v) is 4.09. The average Bonchev–Trinajstić information content (AvgIpc) is 2.93. The van der Waals surface area contributed by atoms with E-state index in [-0.39, 0.29) is 0 Å². The molecule has 1 aromatic rings. The number of hydrogen-bond donors (Lipinski definition) is 1. The number of aromatic nitrogens is 2. The zero-order valence-corrected chi connectivity index (χ0v) is 11.7. The van der Waals surface area contributed by atoms with Gasteiger partial charge in [0, 0.05) is 32.6 Å². The maximum atomic E-state index is 5.42. The van der Waals surface area contributed by atoms with Crippen LogP contribution in [0.2, 0.25) is 0 Å². The summed E-state index contributed by atoms with van der Waals surface area (Å²) in [5, 5.41) is 7.48. The first-order valence-electron chi connectivity index (χ1n) is 6.76. The standard InChI is InChI=1S/C13H25N3O3/c1-17-10-11-19-13-12-18-9-6-14-4-2-7-16-8-3-5-15-16/h3,5,8,14H,2,4,6-7,9-13H2,1H3. The van der Waals surface area contributed by atoms with Crippen LogP contribution in [0.25, 0.3) is 0 Å². The third kappa shape index (κ3) is 9.61. The van der Waals surface area contributed by atoms with E-state index in [2.05, 4.69) is 10.4 Å². The van der Waals surface area contributed by atoms with Crippen LogP contribution in [0, 0.1) is 0 Å². The van der Waals surface area contributed by atoms with Crippen LogP contribution in [0.5, 0.6) is 0 Å². The summed E-state index contributed by atoms with van der Waals surface area (Å²) in [6.45, 7) is 6.05. The van der Waals surface area contributed by atoms with Gasteiger partial charge in [-0.1, -0.05) is 0 Å². The number of aryl methyl sites for hydroxylation is 1. The van der Waals surface area contributed by atoms with Gasteiger partial charge in [-0.3, -0.25) is 4.68 Å². The summed E-state index contributed by atoms with van der Waals surface area (Å²) in [6.07, 6.45) is 4.85. The van der Waals surface area contributed by atoms with Crippen LogP contribution in [0.1, 0.15) is 6.42 Å². The molecule has 0 aliphatic heterocycles. The molecule has 19 heavy (non-hydrogen) atoms. The molecule has 6 nitrogen and oxygen atoms in total. The summed E-state index contributed by atoms with van der Waals surface area (Å²) in [5.74, 6) is 0. The fourth-order valence-electron chi connectivity index (χ4n) is 1.53. The first-order valence-corrected chi connectivity index (χ1v) is 6.76. The lowest BCUT2D eigenvalue weighted by Gasteiger charge is -2.07. The van der Waals surface area contributed by atoms with Crippen molar-refractivity contribution >= 4 is 0 Å². The normalized spacial score (nSPS) is 11.0. The van der Waals surface area contributed by atoms with E-state index in [1.165, 1.54) is 0 Å². The van der Waals surface area contributed by atoms with Crippen molar-refractivity contribution < 1.29 is 14.2 Å². The molecule has 0 bridgehead atoms. The van der Waals surface area contributed by atoms with Crippen LogP contribution in [-0.2, 0) is 20.8 Å². The van der Waals surface area contributed by atoms with Crippen molar-refractivity contribution in [2.75, 3.05) is 53.2 Å². The molecule has 1 aromatic heterocycles. The number of ether oxygens (including phenoxy) is 3. The fourth-order valence-corrected chi connectivity index (χ4v) is 1.53. The van der Waals surface area contributed by atoms with Gasteiger partial charge in [0.15, 0.2) is 0 Å². The van der Waals surface area contributed by atoms with Crippen LogP contribution in [0.15, 0.2) is 18.5 Å². The van der Waals surface area contributed by atoms with E-state index in [0.29, 0.717) is 26.4 Å². The number of methoxy groups -OCH3 is 1. The number of nitrogens with zero attached hydrogens (tertiary/aromatic N) is 2. The second kappa shape index (κ2) is 12.1. The predicted molar refractivity (Wildman–Crippen MR) is 73.2 cm³/mol. The van der Waals surface area contributed by atoms with Crippen LogP contribution in [-0.4, -0.2) is 63.0 Å². The fraction of sp³-hybridized carbons (Fsp3) is 0.769. The molecule has 0 atom stereocenters. The monoisotopic (exact) mass is 271 g/mol. The van der Waals surface area contributed by atoms with Gasteiger partial charge in [0.25, 0.3) is 0 Å². The first-order chi connectivity index (χ1) is 9.43. The highest BCUT2D eigenvalue weighted by atomic mass is 16.5. The van der Waals surface area contributed by atoms with Gasteiger partial charge in [-0.2, -0.15) is 5.10 Å². The van der Waals surface area contributed by atoms with Crippen molar-refractivity contribution in [2.45, 2.75) is 13.0 Å². The number of nitrogens with one attached hydrogen (secondary N) is 1. The Morgan fingerprint density at radius 2 is 1.84 bits per heavy atom. The van der Waals surface area contributed by atoms with E-state index in [1.54, 1.807) is 13.3 Å². The molecular formula is C13H25N3O3. The lowest BCUT2D eigenvalue weighted by Crippen LogP contribution is -2.22. The van der Waals surface area contributed by atoms with E-state index < -0.39 is 0 Å². The average molecular weight is 271 g/mol. The molecule has 0 saturated carbocycles. The number of hydrogen-bond acceptors (Lipinski definition) is 5. The van der Waals surface area contributed by atoms with E-state index >= 15 is 0 Å². The minimum Gasteiger partial charge on any atom is -0.382 e. The highest BCUT2D eigenvalue weighted by Crippen LogP contribution is 1.87. The second-order valence-electron chi connectivity index (χ2n) is 4.09. The Labute approximate surface area is 115 Å². The Morgan fingerprint density at radius 3 is 2.58 bits per heavy atom. The molecule has 1 rings (SSSR count). The van der Waals surface area contributed by atoms with Crippen molar-refractivity contribution in [1.29, 1.82) is 0 Å². The van der Waals surface area contributed by atoms with E-state index in [1.807, 2.05) is 16.9 Å². The smallest absolute Gasteiger partial charge is 0.0701 e. The summed E-state index contributed by atoms with van der Waals surface area (Å²) in [4.78, 5) is 0. The summed E-state index contributed by atoms with van der Waals surface area (Å²) < 4.78 is 17.5. The van der Waals surface area contributed by atoms with Gasteiger partial charge >= 0.3 is 0 Å². The third-order valence-corrected chi connectivity index (χ3v) is 2.53. The SMILES string of the molecule is COCCOCCOCCNCCCn1cccn1. The van der Waals surface area contributed by atoms with Crippen molar-refractivity contribution in [3.8, 4) is 0 Å². The van der Waals surface area contributed by atoms with Gasteiger partial charge in [-0.05, 0) is 19.0 Å². The topological polar surface area (TPSA) is 57.5 Å². The Bertz CT molecular complexity index is 281. The summed E-state index contributed by atoms with van der Waals surface area (Å²) in [7, 11) is 1.66. The molecule has 0 saturated heterocycles. The van der Waals surface area contributed by atoms with Crippen molar-refractivity contribution in [2.24, 2.45) is 0 Å². The van der Waals surface area contributed by atoms with Gasteiger partial charge in [-0.15, -0.1) is 0 Å². The maximum absolute atomic E-state index is 5.42. The maximum Gasteiger partial charge on any atom is 0.0701 e.